The zero-order valence-electron chi connectivity index (χ0n) is 17.0. The fraction of sp³-hybridized carbons (Fsp3) is 0.727. The summed E-state index contributed by atoms with van der Waals surface area (Å²) in [5.41, 5.74) is 0.368. The van der Waals surface area contributed by atoms with E-state index in [0.717, 1.165) is 37.9 Å². The second-order valence-corrected chi connectivity index (χ2v) is 9.89. The van der Waals surface area contributed by atoms with E-state index in [-0.39, 0.29) is 16.9 Å². The van der Waals surface area contributed by atoms with Gasteiger partial charge in [-0.1, -0.05) is 6.42 Å². The maximum absolute atomic E-state index is 13.2. The summed E-state index contributed by atoms with van der Waals surface area (Å²) in [7, 11) is 0. The molecule has 1 aromatic rings. The third-order valence-electron chi connectivity index (χ3n) is 6.88. The van der Waals surface area contributed by atoms with Crippen molar-refractivity contribution in [2.45, 2.75) is 64.8 Å². The van der Waals surface area contributed by atoms with Crippen LogP contribution in [0.25, 0.3) is 0 Å². The van der Waals surface area contributed by atoms with E-state index in [0.29, 0.717) is 24.9 Å². The second kappa shape index (κ2) is 6.68. The first kappa shape index (κ1) is 18.6. The van der Waals surface area contributed by atoms with Gasteiger partial charge < -0.3 is 14.4 Å². The van der Waals surface area contributed by atoms with Crippen molar-refractivity contribution in [1.29, 1.82) is 0 Å². The van der Waals surface area contributed by atoms with Gasteiger partial charge in [0.2, 0.25) is 5.91 Å². The Labute approximate surface area is 162 Å². The van der Waals surface area contributed by atoms with Crippen LogP contribution in [0.3, 0.4) is 0 Å². The summed E-state index contributed by atoms with van der Waals surface area (Å²) in [4.78, 5) is 30.3. The molecule has 4 rings (SSSR count). The molecule has 5 heteroatoms. The molecule has 1 aliphatic carbocycles. The molecular formula is C22H33N3O2. The van der Waals surface area contributed by atoms with Gasteiger partial charge in [-0.15, -0.1) is 0 Å². The predicted molar refractivity (Wildman–Crippen MR) is 106 cm³/mol. The lowest BCUT2D eigenvalue weighted by Crippen LogP contribution is -2.52. The smallest absolute Gasteiger partial charge is 0.255 e. The minimum absolute atomic E-state index is 0.0356. The average Bonchev–Trinajstić information content (AvgIpc) is 3.22. The van der Waals surface area contributed by atoms with Crippen molar-refractivity contribution < 1.29 is 9.59 Å². The number of aromatic nitrogens is 1. The van der Waals surface area contributed by atoms with E-state index in [9.17, 15) is 9.59 Å². The second-order valence-electron chi connectivity index (χ2n) is 9.89. The minimum atomic E-state index is -0.329. The molecule has 1 saturated carbocycles. The maximum atomic E-state index is 13.2. The fourth-order valence-electron chi connectivity index (χ4n) is 4.86. The van der Waals surface area contributed by atoms with E-state index in [1.807, 2.05) is 23.4 Å². The highest BCUT2D eigenvalue weighted by atomic mass is 16.2. The molecule has 3 heterocycles. The standard InChI is InChI=1S/C22H33N3O2/c1-21(2,3)25-12-8-18(15-25)19(26)24-13-10-22(16-24)9-5-11-23(20(22)27)14-17-6-4-7-17/h8,12,15,17H,4-7,9-11,13-14,16H2,1-3H3/t22-/m0/s1. The zero-order chi connectivity index (χ0) is 19.2. The minimum Gasteiger partial charge on any atom is -0.348 e. The molecule has 3 aliphatic rings. The first-order valence-electron chi connectivity index (χ1n) is 10.6. The molecule has 0 radical (unpaired) electrons. The Morgan fingerprint density at radius 3 is 2.59 bits per heavy atom. The van der Waals surface area contributed by atoms with Gasteiger partial charge in [-0.05, 0) is 64.9 Å². The monoisotopic (exact) mass is 371 g/mol. The van der Waals surface area contributed by atoms with Crippen molar-refractivity contribution in [3.05, 3.63) is 24.0 Å². The lowest BCUT2D eigenvalue weighted by atomic mass is 9.77. The van der Waals surface area contributed by atoms with E-state index in [2.05, 4.69) is 30.2 Å². The summed E-state index contributed by atoms with van der Waals surface area (Å²) in [5, 5.41) is 0. The first-order chi connectivity index (χ1) is 12.8. The van der Waals surface area contributed by atoms with Gasteiger partial charge in [0.25, 0.3) is 5.91 Å². The van der Waals surface area contributed by atoms with Crippen molar-refractivity contribution in [3.8, 4) is 0 Å². The van der Waals surface area contributed by atoms with Crippen LogP contribution in [0.2, 0.25) is 0 Å². The van der Waals surface area contributed by atoms with E-state index < -0.39 is 0 Å². The lowest BCUT2D eigenvalue weighted by Gasteiger charge is -2.42. The third kappa shape index (κ3) is 3.41. The van der Waals surface area contributed by atoms with Gasteiger partial charge in [0.1, 0.15) is 0 Å². The molecule has 0 bridgehead atoms. The first-order valence-corrected chi connectivity index (χ1v) is 10.6. The Kier molecular flexibility index (Phi) is 4.59. The van der Waals surface area contributed by atoms with Crippen LogP contribution in [-0.4, -0.2) is 52.4 Å². The van der Waals surface area contributed by atoms with E-state index in [4.69, 9.17) is 0 Å². The van der Waals surface area contributed by atoms with Crippen LogP contribution in [0.1, 0.15) is 69.7 Å². The summed E-state index contributed by atoms with van der Waals surface area (Å²) in [6.45, 7) is 9.51. The molecule has 0 N–H and O–H groups in total. The van der Waals surface area contributed by atoms with Crippen LogP contribution in [-0.2, 0) is 10.3 Å². The fourth-order valence-corrected chi connectivity index (χ4v) is 4.86. The molecule has 2 aliphatic heterocycles. The summed E-state index contributed by atoms with van der Waals surface area (Å²) in [6.07, 6.45) is 10.6. The van der Waals surface area contributed by atoms with Crippen LogP contribution in [0.5, 0.6) is 0 Å². The van der Waals surface area contributed by atoms with E-state index in [1.54, 1.807) is 0 Å². The highest BCUT2D eigenvalue weighted by Crippen LogP contribution is 2.41. The Hall–Kier alpha value is -1.78. The zero-order valence-corrected chi connectivity index (χ0v) is 17.0. The SMILES string of the molecule is CC(C)(C)n1ccc(C(=O)N2CC[C@@]3(CCCN(CC4CCC4)C3=O)C2)c1. The van der Waals surface area contributed by atoms with Crippen molar-refractivity contribution in [3.63, 3.8) is 0 Å². The Bertz CT molecular complexity index is 728. The molecule has 3 fully saturated rings. The van der Waals surface area contributed by atoms with Gasteiger partial charge in [-0.25, -0.2) is 0 Å². The van der Waals surface area contributed by atoms with Crippen LogP contribution in [0.4, 0.5) is 0 Å². The molecule has 27 heavy (non-hydrogen) atoms. The highest BCUT2D eigenvalue weighted by molar-refractivity contribution is 5.95. The van der Waals surface area contributed by atoms with Gasteiger partial charge in [-0.3, -0.25) is 9.59 Å². The molecule has 2 amide bonds. The van der Waals surface area contributed by atoms with Crippen molar-refractivity contribution in [2.24, 2.45) is 11.3 Å². The molecular weight excluding hydrogens is 338 g/mol. The highest BCUT2D eigenvalue weighted by Gasteiger charge is 2.49. The number of nitrogens with zero attached hydrogens (tertiary/aromatic N) is 3. The summed E-state index contributed by atoms with van der Waals surface area (Å²) >= 11 is 0. The van der Waals surface area contributed by atoms with Crippen molar-refractivity contribution in [1.82, 2.24) is 14.4 Å². The molecule has 1 spiro atoms. The Balaban J connectivity index is 1.44. The van der Waals surface area contributed by atoms with Gasteiger partial charge in [-0.2, -0.15) is 0 Å². The number of hydrogen-bond acceptors (Lipinski definition) is 2. The number of rotatable bonds is 3. The Morgan fingerprint density at radius 1 is 1.19 bits per heavy atom. The normalized spacial score (nSPS) is 26.7. The van der Waals surface area contributed by atoms with Crippen molar-refractivity contribution in [2.75, 3.05) is 26.2 Å². The third-order valence-corrected chi connectivity index (χ3v) is 6.88. The topological polar surface area (TPSA) is 45.6 Å². The van der Waals surface area contributed by atoms with Gasteiger partial charge in [0.05, 0.1) is 11.0 Å². The van der Waals surface area contributed by atoms with Gasteiger partial charge >= 0.3 is 0 Å². The average molecular weight is 372 g/mol. The quantitative estimate of drug-likeness (QED) is 0.816. The summed E-state index contributed by atoms with van der Waals surface area (Å²) in [5.74, 6) is 1.09. The molecule has 5 nitrogen and oxygen atoms in total. The van der Waals surface area contributed by atoms with Crippen molar-refractivity contribution >= 4 is 11.8 Å². The van der Waals surface area contributed by atoms with Crippen LogP contribution in [0, 0.1) is 11.3 Å². The molecule has 2 saturated heterocycles. The number of hydrogen-bond donors (Lipinski definition) is 0. The molecule has 1 aromatic heterocycles. The van der Waals surface area contributed by atoms with Gasteiger partial charge in [0, 0.05) is 44.1 Å². The number of carbonyl (C=O) groups is 2. The van der Waals surface area contributed by atoms with Crippen LogP contribution < -0.4 is 0 Å². The molecule has 0 aromatic carbocycles. The maximum Gasteiger partial charge on any atom is 0.255 e. The van der Waals surface area contributed by atoms with Crippen LogP contribution in [0.15, 0.2) is 18.5 Å². The van der Waals surface area contributed by atoms with E-state index >= 15 is 0 Å². The van der Waals surface area contributed by atoms with E-state index in [1.165, 1.54) is 19.3 Å². The molecule has 0 unspecified atom stereocenters. The number of piperidine rings is 1. The van der Waals surface area contributed by atoms with Gasteiger partial charge in [0.15, 0.2) is 0 Å². The predicted octanol–water partition coefficient (Wildman–Crippen LogP) is 3.50. The molecule has 1 atom stereocenters. The van der Waals surface area contributed by atoms with Crippen LogP contribution >= 0.6 is 0 Å². The summed E-state index contributed by atoms with van der Waals surface area (Å²) in [6, 6.07) is 1.91. The largest absolute Gasteiger partial charge is 0.348 e. The Morgan fingerprint density at radius 2 is 1.96 bits per heavy atom. The molecule has 148 valence electrons. The lowest BCUT2D eigenvalue weighted by molar-refractivity contribution is -0.146. The number of likely N-dealkylation sites (tertiary alicyclic amines) is 2. The number of carbonyl (C=O) groups excluding carboxylic acids is 2. The summed E-state index contributed by atoms with van der Waals surface area (Å²) < 4.78 is 2.08. The number of amides is 2.